The number of aromatic nitrogens is 3. The summed E-state index contributed by atoms with van der Waals surface area (Å²) in [6.07, 6.45) is 7.68. The molecule has 1 aliphatic heterocycles. The molecule has 3 aromatic rings. The first-order valence-corrected chi connectivity index (χ1v) is 9.04. The van der Waals surface area contributed by atoms with Crippen LogP contribution < -0.4 is 0 Å². The van der Waals surface area contributed by atoms with Gasteiger partial charge in [0.15, 0.2) is 0 Å². The molecule has 1 atom stereocenters. The number of rotatable bonds is 6. The van der Waals surface area contributed by atoms with Gasteiger partial charge in [0, 0.05) is 58.1 Å². The van der Waals surface area contributed by atoms with Crippen molar-refractivity contribution in [2.45, 2.75) is 25.6 Å². The van der Waals surface area contributed by atoms with Crippen LogP contribution in [0.5, 0.6) is 0 Å². The second kappa shape index (κ2) is 7.81. The molecular weight excluding hydrogens is 324 g/mol. The molecule has 0 saturated carbocycles. The molecule has 0 unspecified atom stereocenters. The summed E-state index contributed by atoms with van der Waals surface area (Å²) in [6.45, 7) is 4.37. The van der Waals surface area contributed by atoms with Gasteiger partial charge in [0.25, 0.3) is 0 Å². The van der Waals surface area contributed by atoms with Gasteiger partial charge in [0.2, 0.25) is 0 Å². The van der Waals surface area contributed by atoms with E-state index in [0.717, 1.165) is 32.0 Å². The Morgan fingerprint density at radius 3 is 2.81 bits per heavy atom. The average Bonchev–Trinajstić information content (AvgIpc) is 3.15. The first-order chi connectivity index (χ1) is 12.8. The highest BCUT2D eigenvalue weighted by Crippen LogP contribution is 2.33. The number of hydrogen-bond donors (Lipinski definition) is 0. The molecule has 5 nitrogen and oxygen atoms in total. The van der Waals surface area contributed by atoms with Crippen molar-refractivity contribution in [2.24, 2.45) is 0 Å². The highest BCUT2D eigenvalue weighted by atomic mass is 16.5. The Morgan fingerprint density at radius 2 is 1.96 bits per heavy atom. The number of methoxy groups -OCH3 is 1. The van der Waals surface area contributed by atoms with E-state index >= 15 is 0 Å². The van der Waals surface area contributed by atoms with Gasteiger partial charge in [0.1, 0.15) is 5.82 Å². The van der Waals surface area contributed by atoms with E-state index < -0.39 is 0 Å². The van der Waals surface area contributed by atoms with Crippen molar-refractivity contribution in [2.75, 3.05) is 20.3 Å². The molecule has 26 heavy (non-hydrogen) atoms. The molecular formula is C21H24N4O. The van der Waals surface area contributed by atoms with E-state index in [1.807, 2.05) is 18.6 Å². The van der Waals surface area contributed by atoms with Crippen molar-refractivity contribution < 1.29 is 4.74 Å². The molecule has 0 fully saturated rings. The lowest BCUT2D eigenvalue weighted by Crippen LogP contribution is -2.35. The van der Waals surface area contributed by atoms with Gasteiger partial charge in [-0.3, -0.25) is 9.88 Å². The minimum absolute atomic E-state index is 0.272. The zero-order valence-electron chi connectivity index (χ0n) is 15.1. The van der Waals surface area contributed by atoms with Crippen molar-refractivity contribution in [1.29, 1.82) is 0 Å². The average molecular weight is 348 g/mol. The maximum atomic E-state index is 5.26. The molecule has 0 saturated heterocycles. The van der Waals surface area contributed by atoms with Crippen LogP contribution in [0.15, 0.2) is 61.2 Å². The standard InChI is InChI=1S/C21H24N4O/c1-26-13-12-25-11-10-23-21(25)20-16-24(14-17-6-8-22-9-7-17)15-18-4-2-3-5-19(18)20/h2-11,20H,12-16H2,1H3/t20-/m1/s1. The van der Waals surface area contributed by atoms with E-state index in [4.69, 9.17) is 9.72 Å². The predicted molar refractivity (Wildman–Crippen MR) is 101 cm³/mol. The van der Waals surface area contributed by atoms with Crippen LogP contribution in [0.1, 0.15) is 28.4 Å². The van der Waals surface area contributed by atoms with Crippen LogP contribution in [0.2, 0.25) is 0 Å². The van der Waals surface area contributed by atoms with Crippen molar-refractivity contribution in [3.8, 4) is 0 Å². The normalized spacial score (nSPS) is 17.2. The van der Waals surface area contributed by atoms with Gasteiger partial charge in [-0.2, -0.15) is 0 Å². The molecule has 3 heterocycles. The van der Waals surface area contributed by atoms with Gasteiger partial charge >= 0.3 is 0 Å². The van der Waals surface area contributed by atoms with Gasteiger partial charge in [-0.15, -0.1) is 0 Å². The zero-order valence-corrected chi connectivity index (χ0v) is 15.1. The van der Waals surface area contributed by atoms with Crippen LogP contribution in [-0.4, -0.2) is 39.7 Å². The van der Waals surface area contributed by atoms with E-state index in [-0.39, 0.29) is 5.92 Å². The summed E-state index contributed by atoms with van der Waals surface area (Å²) in [5.41, 5.74) is 4.07. The van der Waals surface area contributed by atoms with E-state index in [2.05, 4.69) is 57.0 Å². The van der Waals surface area contributed by atoms with Crippen molar-refractivity contribution in [3.63, 3.8) is 0 Å². The quantitative estimate of drug-likeness (QED) is 0.687. The fraction of sp³-hybridized carbons (Fsp3) is 0.333. The maximum Gasteiger partial charge on any atom is 0.117 e. The molecule has 4 rings (SSSR count). The number of fused-ring (bicyclic) bond motifs is 1. The van der Waals surface area contributed by atoms with Crippen LogP contribution in [0, 0.1) is 0 Å². The Morgan fingerprint density at radius 1 is 1.12 bits per heavy atom. The lowest BCUT2D eigenvalue weighted by molar-refractivity contribution is 0.184. The van der Waals surface area contributed by atoms with Crippen molar-refractivity contribution in [1.82, 2.24) is 19.4 Å². The van der Waals surface area contributed by atoms with Crippen LogP contribution in [-0.2, 0) is 24.4 Å². The Kier molecular flexibility index (Phi) is 5.09. The maximum absolute atomic E-state index is 5.26. The van der Waals surface area contributed by atoms with Gasteiger partial charge in [0.05, 0.1) is 12.5 Å². The fourth-order valence-corrected chi connectivity index (χ4v) is 3.78. The Hall–Kier alpha value is -2.50. The summed E-state index contributed by atoms with van der Waals surface area (Å²) in [5.74, 6) is 1.39. The van der Waals surface area contributed by atoms with Crippen molar-refractivity contribution >= 4 is 0 Å². The molecule has 0 aliphatic carbocycles. The molecule has 1 aliphatic rings. The van der Waals surface area contributed by atoms with Crippen molar-refractivity contribution in [3.05, 3.63) is 83.7 Å². The van der Waals surface area contributed by atoms with Gasteiger partial charge < -0.3 is 9.30 Å². The van der Waals surface area contributed by atoms with Crippen LogP contribution >= 0.6 is 0 Å². The number of pyridine rings is 1. The van der Waals surface area contributed by atoms with Crippen LogP contribution in [0.3, 0.4) is 0 Å². The lowest BCUT2D eigenvalue weighted by atomic mass is 9.88. The number of nitrogens with zero attached hydrogens (tertiary/aromatic N) is 4. The molecule has 0 spiro atoms. The summed E-state index contributed by atoms with van der Waals surface area (Å²) in [6, 6.07) is 12.9. The molecule has 0 N–H and O–H groups in total. The van der Waals surface area contributed by atoms with Gasteiger partial charge in [-0.1, -0.05) is 24.3 Å². The lowest BCUT2D eigenvalue weighted by Gasteiger charge is -2.34. The summed E-state index contributed by atoms with van der Waals surface area (Å²) >= 11 is 0. The minimum atomic E-state index is 0.272. The number of hydrogen-bond acceptors (Lipinski definition) is 4. The monoisotopic (exact) mass is 348 g/mol. The molecule has 0 amide bonds. The zero-order chi connectivity index (χ0) is 17.8. The number of ether oxygens (including phenoxy) is 1. The Balaban J connectivity index is 1.64. The first-order valence-electron chi connectivity index (χ1n) is 9.04. The number of benzene rings is 1. The second-order valence-electron chi connectivity index (χ2n) is 6.75. The second-order valence-corrected chi connectivity index (χ2v) is 6.75. The molecule has 0 radical (unpaired) electrons. The summed E-state index contributed by atoms with van der Waals surface area (Å²) < 4.78 is 7.49. The highest BCUT2D eigenvalue weighted by Gasteiger charge is 2.29. The van der Waals surface area contributed by atoms with E-state index in [0.29, 0.717) is 6.61 Å². The third kappa shape index (κ3) is 3.54. The van der Waals surface area contributed by atoms with E-state index in [1.54, 1.807) is 7.11 Å². The summed E-state index contributed by atoms with van der Waals surface area (Å²) in [5, 5.41) is 0. The Bertz CT molecular complexity index is 846. The molecule has 1 aromatic carbocycles. The predicted octanol–water partition coefficient (Wildman–Crippen LogP) is 3.07. The summed E-state index contributed by atoms with van der Waals surface area (Å²) in [7, 11) is 1.74. The summed E-state index contributed by atoms with van der Waals surface area (Å²) in [4.78, 5) is 11.3. The third-order valence-electron chi connectivity index (χ3n) is 5.02. The Labute approximate surface area is 154 Å². The van der Waals surface area contributed by atoms with Gasteiger partial charge in [-0.25, -0.2) is 4.98 Å². The SMILES string of the molecule is COCCn1ccnc1[C@@H]1CN(Cc2ccncc2)Cc2ccccc21. The highest BCUT2D eigenvalue weighted by molar-refractivity contribution is 5.37. The molecule has 2 aromatic heterocycles. The van der Waals surface area contributed by atoms with Crippen LogP contribution in [0.4, 0.5) is 0 Å². The molecule has 134 valence electrons. The molecule has 5 heteroatoms. The first kappa shape index (κ1) is 16.9. The third-order valence-corrected chi connectivity index (χ3v) is 5.02. The van der Waals surface area contributed by atoms with Crippen LogP contribution in [0.25, 0.3) is 0 Å². The molecule has 0 bridgehead atoms. The van der Waals surface area contributed by atoms with Gasteiger partial charge in [-0.05, 0) is 28.8 Å². The largest absolute Gasteiger partial charge is 0.383 e. The van der Waals surface area contributed by atoms with E-state index in [9.17, 15) is 0 Å². The topological polar surface area (TPSA) is 43.2 Å². The van der Waals surface area contributed by atoms with E-state index in [1.165, 1.54) is 16.7 Å². The fourth-order valence-electron chi connectivity index (χ4n) is 3.78. The number of imidazole rings is 1. The minimum Gasteiger partial charge on any atom is -0.383 e. The smallest absolute Gasteiger partial charge is 0.117 e.